The van der Waals surface area contributed by atoms with Gasteiger partial charge in [0.1, 0.15) is 0 Å². The second-order valence-corrected chi connectivity index (χ2v) is 6.10. The first-order valence-electron chi connectivity index (χ1n) is 7.42. The maximum absolute atomic E-state index is 12.4. The lowest BCUT2D eigenvalue weighted by atomic mass is 9.83. The summed E-state index contributed by atoms with van der Waals surface area (Å²) in [6.45, 7) is 2.73. The smallest absolute Gasteiger partial charge is 0.314 e. The van der Waals surface area contributed by atoms with Crippen LogP contribution in [-0.2, 0) is 0 Å². The Bertz CT molecular complexity index is 279. The molecule has 2 aliphatic rings. The number of rotatable bonds is 5. The molecule has 5 heteroatoms. The highest BCUT2D eigenvalue weighted by molar-refractivity contribution is 4.96. The molecular formula is C14H25F3N2. The number of halogens is 3. The van der Waals surface area contributed by atoms with Crippen LogP contribution in [0.4, 0.5) is 13.2 Å². The first-order valence-corrected chi connectivity index (χ1v) is 7.42. The summed E-state index contributed by atoms with van der Waals surface area (Å²) in [6, 6.07) is 1.22. The molecule has 2 heterocycles. The fourth-order valence-electron chi connectivity index (χ4n) is 3.87. The molecule has 1 N–H and O–H groups in total. The Balaban J connectivity index is 1.92. The Morgan fingerprint density at radius 3 is 2.26 bits per heavy atom. The molecule has 112 valence electrons. The van der Waals surface area contributed by atoms with Gasteiger partial charge >= 0.3 is 6.18 Å². The standard InChI is InChI=1S/C14H25F3N2/c1-3-18-13(6-7-14(15,16)17)10-8-11-4-5-12(9-10)19(11)2/h10-13,18H,3-9H2,1-2H3. The van der Waals surface area contributed by atoms with Gasteiger partial charge in [-0.3, -0.25) is 0 Å². The molecule has 2 rings (SSSR count). The number of hydrogen-bond donors (Lipinski definition) is 1. The first kappa shape index (κ1) is 15.1. The van der Waals surface area contributed by atoms with Crippen LogP contribution in [0, 0.1) is 5.92 Å². The van der Waals surface area contributed by atoms with Crippen molar-refractivity contribution in [3.63, 3.8) is 0 Å². The highest BCUT2D eigenvalue weighted by Crippen LogP contribution is 2.40. The fraction of sp³-hybridized carbons (Fsp3) is 1.00. The Morgan fingerprint density at radius 2 is 1.79 bits per heavy atom. The minimum atomic E-state index is -4.03. The molecular weight excluding hydrogens is 253 g/mol. The molecule has 2 aliphatic heterocycles. The van der Waals surface area contributed by atoms with E-state index in [0.717, 1.165) is 19.4 Å². The molecule has 3 unspecified atom stereocenters. The van der Waals surface area contributed by atoms with E-state index in [1.54, 1.807) is 0 Å². The number of fused-ring (bicyclic) bond motifs is 2. The van der Waals surface area contributed by atoms with Crippen molar-refractivity contribution in [1.29, 1.82) is 0 Å². The van der Waals surface area contributed by atoms with Crippen LogP contribution in [0.15, 0.2) is 0 Å². The maximum Gasteiger partial charge on any atom is 0.389 e. The predicted molar refractivity (Wildman–Crippen MR) is 70.1 cm³/mol. The van der Waals surface area contributed by atoms with Crippen LogP contribution in [-0.4, -0.2) is 42.8 Å². The van der Waals surface area contributed by atoms with Crippen LogP contribution in [0.25, 0.3) is 0 Å². The Labute approximate surface area is 113 Å². The van der Waals surface area contributed by atoms with Gasteiger partial charge in [0.05, 0.1) is 0 Å². The zero-order valence-corrected chi connectivity index (χ0v) is 11.8. The predicted octanol–water partition coefficient (Wildman–Crippen LogP) is 3.18. The van der Waals surface area contributed by atoms with Gasteiger partial charge in [-0.15, -0.1) is 0 Å². The molecule has 3 atom stereocenters. The summed E-state index contributed by atoms with van der Waals surface area (Å²) in [5.41, 5.74) is 0. The third-order valence-corrected chi connectivity index (χ3v) is 4.91. The highest BCUT2D eigenvalue weighted by Gasteiger charge is 2.41. The highest BCUT2D eigenvalue weighted by atomic mass is 19.4. The largest absolute Gasteiger partial charge is 0.389 e. The van der Waals surface area contributed by atoms with E-state index >= 15 is 0 Å². The van der Waals surface area contributed by atoms with Gasteiger partial charge in [-0.25, -0.2) is 0 Å². The van der Waals surface area contributed by atoms with Crippen molar-refractivity contribution in [2.24, 2.45) is 5.92 Å². The Kier molecular flexibility index (Phi) is 4.77. The molecule has 0 spiro atoms. The summed E-state index contributed by atoms with van der Waals surface area (Å²) in [5, 5.41) is 3.29. The molecule has 0 aromatic rings. The number of piperidine rings is 1. The topological polar surface area (TPSA) is 15.3 Å². The molecule has 2 fully saturated rings. The number of nitrogens with zero attached hydrogens (tertiary/aromatic N) is 1. The van der Waals surface area contributed by atoms with Gasteiger partial charge in [-0.05, 0) is 51.6 Å². The van der Waals surface area contributed by atoms with Crippen LogP contribution >= 0.6 is 0 Å². The lowest BCUT2D eigenvalue weighted by Gasteiger charge is -2.40. The van der Waals surface area contributed by atoms with Crippen LogP contribution in [0.5, 0.6) is 0 Å². The van der Waals surface area contributed by atoms with Crippen LogP contribution in [0.3, 0.4) is 0 Å². The first-order chi connectivity index (χ1) is 8.90. The summed E-state index contributed by atoms with van der Waals surface area (Å²) >= 11 is 0. The SMILES string of the molecule is CCNC(CCC(F)(F)F)C1CC2CCC(C1)N2C. The van der Waals surface area contributed by atoms with Crippen molar-refractivity contribution in [2.75, 3.05) is 13.6 Å². The molecule has 19 heavy (non-hydrogen) atoms. The van der Waals surface area contributed by atoms with Crippen molar-refractivity contribution in [2.45, 2.75) is 69.8 Å². The summed E-state index contributed by atoms with van der Waals surface area (Å²) in [6.07, 6.45) is 0.0895. The van der Waals surface area contributed by atoms with Crippen molar-refractivity contribution >= 4 is 0 Å². The maximum atomic E-state index is 12.4. The molecule has 2 nitrogen and oxygen atoms in total. The van der Waals surface area contributed by atoms with Crippen LogP contribution < -0.4 is 5.32 Å². The molecule has 0 amide bonds. The average molecular weight is 278 g/mol. The molecule has 0 aromatic carbocycles. The fourth-order valence-corrected chi connectivity index (χ4v) is 3.87. The van der Waals surface area contributed by atoms with Crippen molar-refractivity contribution < 1.29 is 13.2 Å². The summed E-state index contributed by atoms with van der Waals surface area (Å²) < 4.78 is 37.2. The summed E-state index contributed by atoms with van der Waals surface area (Å²) in [5.74, 6) is 0.413. The molecule has 0 aliphatic carbocycles. The lowest BCUT2D eigenvalue weighted by molar-refractivity contribution is -0.137. The Morgan fingerprint density at radius 1 is 1.21 bits per heavy atom. The van der Waals surface area contributed by atoms with Gasteiger partial charge in [0, 0.05) is 24.5 Å². The quantitative estimate of drug-likeness (QED) is 0.831. The van der Waals surface area contributed by atoms with Gasteiger partial charge in [-0.1, -0.05) is 6.92 Å². The van der Waals surface area contributed by atoms with Crippen molar-refractivity contribution in [3.8, 4) is 0 Å². The third kappa shape index (κ3) is 3.85. The van der Waals surface area contributed by atoms with E-state index in [1.807, 2.05) is 6.92 Å². The van der Waals surface area contributed by atoms with Gasteiger partial charge in [0.15, 0.2) is 0 Å². The van der Waals surface area contributed by atoms with Gasteiger partial charge in [-0.2, -0.15) is 13.2 Å². The minimum absolute atomic E-state index is 0.0309. The summed E-state index contributed by atoms with van der Waals surface area (Å²) in [4.78, 5) is 2.43. The minimum Gasteiger partial charge on any atom is -0.314 e. The lowest BCUT2D eigenvalue weighted by Crippen LogP contribution is -2.47. The molecule has 0 aromatic heterocycles. The normalized spacial score (nSPS) is 33.6. The van der Waals surface area contributed by atoms with E-state index < -0.39 is 12.6 Å². The van der Waals surface area contributed by atoms with Gasteiger partial charge < -0.3 is 10.2 Å². The molecule has 2 bridgehead atoms. The second-order valence-electron chi connectivity index (χ2n) is 6.10. The third-order valence-electron chi connectivity index (χ3n) is 4.91. The van der Waals surface area contributed by atoms with E-state index in [9.17, 15) is 13.2 Å². The summed E-state index contributed by atoms with van der Waals surface area (Å²) in [7, 11) is 2.16. The van der Waals surface area contributed by atoms with E-state index in [1.165, 1.54) is 12.8 Å². The van der Waals surface area contributed by atoms with E-state index in [-0.39, 0.29) is 12.5 Å². The van der Waals surface area contributed by atoms with Crippen molar-refractivity contribution in [3.05, 3.63) is 0 Å². The van der Waals surface area contributed by atoms with Crippen LogP contribution in [0.2, 0.25) is 0 Å². The molecule has 2 saturated heterocycles. The number of hydrogen-bond acceptors (Lipinski definition) is 2. The molecule has 0 radical (unpaired) electrons. The van der Waals surface area contributed by atoms with E-state index in [4.69, 9.17) is 0 Å². The second kappa shape index (κ2) is 6.00. The number of alkyl halides is 3. The zero-order valence-electron chi connectivity index (χ0n) is 11.8. The van der Waals surface area contributed by atoms with Crippen molar-refractivity contribution in [1.82, 2.24) is 10.2 Å². The van der Waals surface area contributed by atoms with Gasteiger partial charge in [0.25, 0.3) is 0 Å². The van der Waals surface area contributed by atoms with Crippen LogP contribution in [0.1, 0.15) is 45.4 Å². The number of nitrogens with one attached hydrogen (secondary N) is 1. The Hall–Kier alpha value is -0.290. The zero-order chi connectivity index (χ0) is 14.0. The van der Waals surface area contributed by atoms with E-state index in [2.05, 4.69) is 17.3 Å². The van der Waals surface area contributed by atoms with E-state index in [0.29, 0.717) is 18.0 Å². The van der Waals surface area contributed by atoms with Gasteiger partial charge in [0.2, 0.25) is 0 Å². The monoisotopic (exact) mass is 278 g/mol. The molecule has 0 saturated carbocycles. The average Bonchev–Trinajstić information content (AvgIpc) is 2.56.